The first-order valence-electron chi connectivity index (χ1n) is 11.5. The van der Waals surface area contributed by atoms with Crippen molar-refractivity contribution in [3.63, 3.8) is 0 Å². The van der Waals surface area contributed by atoms with Crippen LogP contribution in [-0.4, -0.2) is 30.9 Å². The standard InChI is InChI=1S/C27H23Cl2N3O5S/c1-2-37-27(34)26-21(12-13-24(33)31-19-10-8-17(16-30)9-11-19)25-22(29)14-18(28)15-23(25)32(26)38(35,36)20-6-4-3-5-7-20/h3-15H,2,16,30H2,1H3,(H,31,33)/b13-12+. The number of halogens is 2. The molecule has 1 aromatic heterocycles. The molecule has 0 fully saturated rings. The zero-order valence-electron chi connectivity index (χ0n) is 20.1. The van der Waals surface area contributed by atoms with Crippen LogP contribution < -0.4 is 11.1 Å². The van der Waals surface area contributed by atoms with Crippen LogP contribution in [0.4, 0.5) is 5.69 Å². The van der Waals surface area contributed by atoms with E-state index < -0.39 is 21.9 Å². The van der Waals surface area contributed by atoms with E-state index in [0.29, 0.717) is 12.2 Å². The van der Waals surface area contributed by atoms with E-state index in [1.807, 2.05) is 0 Å². The predicted octanol–water partition coefficient (Wildman–Crippen LogP) is 5.47. The molecule has 0 aliphatic carbocycles. The van der Waals surface area contributed by atoms with E-state index in [4.69, 9.17) is 33.7 Å². The second-order valence-electron chi connectivity index (χ2n) is 8.07. The Morgan fingerprint density at radius 3 is 2.37 bits per heavy atom. The fourth-order valence-corrected chi connectivity index (χ4v) is 6.02. The SMILES string of the molecule is CCOC(=O)c1c(/C=C/C(=O)Nc2ccc(CN)cc2)c2c(Cl)cc(Cl)cc2n1S(=O)(=O)c1ccccc1. The molecular formula is C27H23Cl2N3O5S. The largest absolute Gasteiger partial charge is 0.461 e. The van der Waals surface area contributed by atoms with Gasteiger partial charge in [0.15, 0.2) is 5.69 Å². The van der Waals surface area contributed by atoms with Crippen molar-refractivity contribution in [1.82, 2.24) is 3.97 Å². The van der Waals surface area contributed by atoms with Crippen molar-refractivity contribution in [2.45, 2.75) is 18.4 Å². The summed E-state index contributed by atoms with van der Waals surface area (Å²) >= 11 is 12.7. The second kappa shape index (κ2) is 11.4. The molecule has 4 aromatic rings. The summed E-state index contributed by atoms with van der Waals surface area (Å²) in [4.78, 5) is 25.9. The highest BCUT2D eigenvalue weighted by Gasteiger charge is 2.32. The van der Waals surface area contributed by atoms with E-state index in [1.54, 1.807) is 49.4 Å². The van der Waals surface area contributed by atoms with Crippen LogP contribution in [-0.2, 0) is 26.1 Å². The van der Waals surface area contributed by atoms with Gasteiger partial charge >= 0.3 is 5.97 Å². The van der Waals surface area contributed by atoms with Gasteiger partial charge in [0.05, 0.1) is 22.0 Å². The number of ether oxygens (including phenoxy) is 1. The Labute approximate surface area is 229 Å². The summed E-state index contributed by atoms with van der Waals surface area (Å²) in [7, 11) is -4.31. The number of carbonyl (C=O) groups is 2. The van der Waals surface area contributed by atoms with Gasteiger partial charge < -0.3 is 15.8 Å². The predicted molar refractivity (Wildman–Crippen MR) is 149 cm³/mol. The molecule has 38 heavy (non-hydrogen) atoms. The number of aromatic nitrogens is 1. The van der Waals surface area contributed by atoms with Crippen LogP contribution in [0.25, 0.3) is 17.0 Å². The maximum atomic E-state index is 13.8. The van der Waals surface area contributed by atoms with Gasteiger partial charge in [0.2, 0.25) is 5.91 Å². The number of esters is 1. The molecule has 1 amide bonds. The molecular weight excluding hydrogens is 549 g/mol. The highest BCUT2D eigenvalue weighted by Crippen LogP contribution is 2.38. The van der Waals surface area contributed by atoms with Gasteiger partial charge in [-0.15, -0.1) is 0 Å². The number of nitrogens with two attached hydrogens (primary N) is 1. The van der Waals surface area contributed by atoms with Gasteiger partial charge in [-0.05, 0) is 55.0 Å². The highest BCUT2D eigenvalue weighted by molar-refractivity contribution is 7.90. The first-order chi connectivity index (χ1) is 18.2. The van der Waals surface area contributed by atoms with Crippen molar-refractivity contribution >= 4 is 67.8 Å². The van der Waals surface area contributed by atoms with Crippen LogP contribution in [0.1, 0.15) is 28.5 Å². The van der Waals surface area contributed by atoms with Gasteiger partial charge in [-0.25, -0.2) is 17.2 Å². The van der Waals surface area contributed by atoms with Gasteiger partial charge in [0.25, 0.3) is 10.0 Å². The molecule has 0 aliphatic heterocycles. The highest BCUT2D eigenvalue weighted by atomic mass is 35.5. The van der Waals surface area contributed by atoms with Gasteiger partial charge in [0.1, 0.15) is 0 Å². The molecule has 0 aliphatic rings. The first-order valence-corrected chi connectivity index (χ1v) is 13.7. The minimum Gasteiger partial charge on any atom is -0.461 e. The zero-order chi connectivity index (χ0) is 27.4. The molecule has 0 atom stereocenters. The van der Waals surface area contributed by atoms with Crippen molar-refractivity contribution in [3.05, 3.63) is 99.7 Å². The minimum atomic E-state index is -4.31. The quantitative estimate of drug-likeness (QED) is 0.213. The summed E-state index contributed by atoms with van der Waals surface area (Å²) in [6.07, 6.45) is 2.51. The number of benzene rings is 3. The molecule has 0 bridgehead atoms. The van der Waals surface area contributed by atoms with Crippen LogP contribution in [0, 0.1) is 0 Å². The van der Waals surface area contributed by atoms with Gasteiger partial charge in [-0.2, -0.15) is 0 Å². The average Bonchev–Trinajstić information content (AvgIpc) is 3.23. The zero-order valence-corrected chi connectivity index (χ0v) is 22.5. The van der Waals surface area contributed by atoms with Crippen molar-refractivity contribution in [2.24, 2.45) is 5.73 Å². The van der Waals surface area contributed by atoms with Gasteiger partial charge in [-0.1, -0.05) is 53.5 Å². The van der Waals surface area contributed by atoms with Crippen LogP contribution >= 0.6 is 23.2 Å². The third-order valence-corrected chi connectivity index (χ3v) is 7.83. The number of nitrogens with one attached hydrogen (secondary N) is 1. The van der Waals surface area contributed by atoms with Crippen molar-refractivity contribution in [3.8, 4) is 0 Å². The minimum absolute atomic E-state index is 0.0112. The van der Waals surface area contributed by atoms with E-state index >= 15 is 0 Å². The lowest BCUT2D eigenvalue weighted by atomic mass is 10.1. The Balaban J connectivity index is 1.91. The molecule has 4 rings (SSSR count). The van der Waals surface area contributed by atoms with E-state index in [9.17, 15) is 18.0 Å². The number of rotatable bonds is 8. The fraction of sp³-hybridized carbons (Fsp3) is 0.111. The van der Waals surface area contributed by atoms with Crippen LogP contribution in [0.2, 0.25) is 10.0 Å². The molecule has 0 unspecified atom stereocenters. The molecule has 0 spiro atoms. The molecule has 8 nitrogen and oxygen atoms in total. The maximum Gasteiger partial charge on any atom is 0.356 e. The molecule has 1 heterocycles. The molecule has 3 aromatic carbocycles. The molecule has 3 N–H and O–H groups in total. The smallest absolute Gasteiger partial charge is 0.356 e. The second-order valence-corrected chi connectivity index (χ2v) is 10.7. The van der Waals surface area contributed by atoms with Crippen molar-refractivity contribution in [1.29, 1.82) is 0 Å². The number of fused-ring (bicyclic) bond motifs is 1. The van der Waals surface area contributed by atoms with Crippen LogP contribution in [0.15, 0.2) is 77.7 Å². The summed E-state index contributed by atoms with van der Waals surface area (Å²) in [5.41, 5.74) is 6.88. The lowest BCUT2D eigenvalue weighted by Crippen LogP contribution is -2.20. The lowest BCUT2D eigenvalue weighted by molar-refractivity contribution is -0.111. The number of nitrogens with zero attached hydrogens (tertiary/aromatic N) is 1. The molecule has 11 heteroatoms. The van der Waals surface area contributed by atoms with E-state index in [-0.39, 0.29) is 43.7 Å². The summed E-state index contributed by atoms with van der Waals surface area (Å²) in [5, 5.41) is 3.18. The van der Waals surface area contributed by atoms with Crippen LogP contribution in [0.3, 0.4) is 0 Å². The third-order valence-electron chi connectivity index (χ3n) is 5.59. The van der Waals surface area contributed by atoms with Crippen LogP contribution in [0.5, 0.6) is 0 Å². The Hall–Kier alpha value is -3.63. The maximum absolute atomic E-state index is 13.8. The first kappa shape index (κ1) is 27.4. The monoisotopic (exact) mass is 571 g/mol. The molecule has 0 saturated carbocycles. The summed E-state index contributed by atoms with van der Waals surface area (Å²) in [6, 6.07) is 17.4. The Morgan fingerprint density at radius 1 is 1.05 bits per heavy atom. The summed E-state index contributed by atoms with van der Waals surface area (Å²) in [5.74, 6) is -1.43. The normalized spacial score (nSPS) is 11.7. The number of hydrogen-bond acceptors (Lipinski definition) is 6. The lowest BCUT2D eigenvalue weighted by Gasteiger charge is -2.12. The summed E-state index contributed by atoms with van der Waals surface area (Å²) < 4.78 is 33.7. The Kier molecular flexibility index (Phi) is 8.23. The fourth-order valence-electron chi connectivity index (χ4n) is 3.90. The third kappa shape index (κ3) is 5.46. The number of anilines is 1. The molecule has 0 saturated heterocycles. The Morgan fingerprint density at radius 2 is 1.74 bits per heavy atom. The summed E-state index contributed by atoms with van der Waals surface area (Å²) in [6.45, 7) is 1.95. The number of carbonyl (C=O) groups excluding carboxylic acids is 2. The van der Waals surface area contributed by atoms with E-state index in [1.165, 1.54) is 36.4 Å². The average molecular weight is 572 g/mol. The number of amides is 1. The topological polar surface area (TPSA) is 120 Å². The van der Waals surface area contributed by atoms with E-state index in [0.717, 1.165) is 9.54 Å². The molecule has 0 radical (unpaired) electrons. The van der Waals surface area contributed by atoms with Gasteiger partial charge in [0, 0.05) is 34.3 Å². The van der Waals surface area contributed by atoms with E-state index in [2.05, 4.69) is 5.32 Å². The van der Waals surface area contributed by atoms with Crippen molar-refractivity contribution in [2.75, 3.05) is 11.9 Å². The van der Waals surface area contributed by atoms with Crippen molar-refractivity contribution < 1.29 is 22.7 Å². The van der Waals surface area contributed by atoms with Gasteiger partial charge in [-0.3, -0.25) is 4.79 Å². The molecule has 196 valence electrons. The number of hydrogen-bond donors (Lipinski definition) is 2. The Bertz CT molecular complexity index is 1650.